The topological polar surface area (TPSA) is 54.5 Å². The van der Waals surface area contributed by atoms with E-state index in [9.17, 15) is 4.79 Å². The average Bonchev–Trinajstić information content (AvgIpc) is 3.16. The molecule has 1 N–H and O–H groups in total. The summed E-state index contributed by atoms with van der Waals surface area (Å²) in [5.74, 6) is 0.725. The van der Waals surface area contributed by atoms with Crippen LogP contribution in [0.2, 0.25) is 0 Å². The van der Waals surface area contributed by atoms with E-state index in [2.05, 4.69) is 21.3 Å². The predicted molar refractivity (Wildman–Crippen MR) is 93.2 cm³/mol. The molecule has 2 aliphatic heterocycles. The number of nitrogens with zero attached hydrogens (tertiary/aromatic N) is 2. The quantitative estimate of drug-likeness (QED) is 0.943. The highest BCUT2D eigenvalue weighted by atomic mass is 16.5. The third-order valence-electron chi connectivity index (χ3n) is 4.68. The summed E-state index contributed by atoms with van der Waals surface area (Å²) in [6.45, 7) is 2.55. The van der Waals surface area contributed by atoms with Crippen molar-refractivity contribution in [3.8, 4) is 0 Å². The van der Waals surface area contributed by atoms with Crippen LogP contribution >= 0.6 is 0 Å². The first-order valence-corrected chi connectivity index (χ1v) is 8.53. The van der Waals surface area contributed by atoms with E-state index in [0.29, 0.717) is 6.61 Å². The van der Waals surface area contributed by atoms with E-state index in [1.165, 1.54) is 18.4 Å². The van der Waals surface area contributed by atoms with E-state index >= 15 is 0 Å². The van der Waals surface area contributed by atoms with Gasteiger partial charge in [-0.3, -0.25) is 4.79 Å². The summed E-state index contributed by atoms with van der Waals surface area (Å²) in [6.07, 6.45) is 4.41. The van der Waals surface area contributed by atoms with Crippen molar-refractivity contribution in [2.24, 2.45) is 0 Å². The van der Waals surface area contributed by atoms with Gasteiger partial charge in [0.2, 0.25) is 0 Å². The van der Waals surface area contributed by atoms with Gasteiger partial charge in [-0.1, -0.05) is 24.3 Å². The van der Waals surface area contributed by atoms with E-state index in [1.807, 2.05) is 30.3 Å². The molecule has 1 atom stereocenters. The van der Waals surface area contributed by atoms with Gasteiger partial charge in [-0.15, -0.1) is 0 Å². The number of fused-ring (bicyclic) bond motifs is 1. The fourth-order valence-corrected chi connectivity index (χ4v) is 3.48. The van der Waals surface area contributed by atoms with Crippen LogP contribution in [-0.4, -0.2) is 30.6 Å². The molecule has 1 unspecified atom stereocenters. The van der Waals surface area contributed by atoms with E-state index in [4.69, 9.17) is 4.74 Å². The highest BCUT2D eigenvalue weighted by molar-refractivity contribution is 5.97. The number of carbonyl (C=O) groups excluding carboxylic acids is 1. The van der Waals surface area contributed by atoms with Gasteiger partial charge in [0.1, 0.15) is 0 Å². The molecule has 1 fully saturated rings. The summed E-state index contributed by atoms with van der Waals surface area (Å²) in [6, 6.07) is 11.8. The Morgan fingerprint density at radius 3 is 2.88 bits per heavy atom. The Morgan fingerprint density at radius 2 is 2.00 bits per heavy atom. The molecule has 5 heteroatoms. The number of nitrogens with one attached hydrogen (secondary N) is 1. The zero-order valence-electron chi connectivity index (χ0n) is 13.6. The van der Waals surface area contributed by atoms with Crippen LogP contribution in [0.3, 0.4) is 0 Å². The molecule has 0 spiro atoms. The van der Waals surface area contributed by atoms with Crippen molar-refractivity contribution in [2.45, 2.75) is 25.4 Å². The van der Waals surface area contributed by atoms with Crippen LogP contribution < -0.4 is 10.2 Å². The lowest BCUT2D eigenvalue weighted by molar-refractivity contribution is -0.128. The van der Waals surface area contributed by atoms with Crippen LogP contribution in [0, 0.1) is 0 Å². The Bertz CT molecular complexity index is 741. The van der Waals surface area contributed by atoms with Gasteiger partial charge < -0.3 is 15.0 Å². The molecule has 2 aliphatic rings. The smallest absolute Gasteiger partial charge is 0.258 e. The second kappa shape index (κ2) is 6.61. The highest BCUT2D eigenvalue weighted by Gasteiger charge is 2.28. The van der Waals surface area contributed by atoms with Crippen LogP contribution in [0.4, 0.5) is 11.5 Å². The Labute approximate surface area is 141 Å². The fraction of sp³-hybridized carbons (Fsp3) is 0.368. The molecule has 1 aromatic carbocycles. The zero-order chi connectivity index (χ0) is 16.4. The molecule has 0 radical (unpaired) electrons. The number of amides is 1. The summed E-state index contributed by atoms with van der Waals surface area (Å²) in [5.41, 5.74) is 2.92. The molecule has 1 aromatic heterocycles. The average molecular weight is 323 g/mol. The summed E-state index contributed by atoms with van der Waals surface area (Å²) < 4.78 is 5.76. The van der Waals surface area contributed by atoms with Crippen LogP contribution in [0.25, 0.3) is 0 Å². The van der Waals surface area contributed by atoms with Crippen LogP contribution in [0.5, 0.6) is 0 Å². The van der Waals surface area contributed by atoms with Gasteiger partial charge >= 0.3 is 0 Å². The molecule has 1 saturated heterocycles. The minimum absolute atomic E-state index is 0.129. The Balaban J connectivity index is 1.57. The number of ether oxygens (including phenoxy) is 1. The van der Waals surface area contributed by atoms with E-state index < -0.39 is 6.10 Å². The second-order valence-corrected chi connectivity index (χ2v) is 6.26. The van der Waals surface area contributed by atoms with Gasteiger partial charge in [0.05, 0.1) is 12.3 Å². The van der Waals surface area contributed by atoms with Crippen molar-refractivity contribution in [2.75, 3.05) is 29.9 Å². The minimum atomic E-state index is -0.554. The van der Waals surface area contributed by atoms with Crippen molar-refractivity contribution < 1.29 is 9.53 Å². The van der Waals surface area contributed by atoms with Gasteiger partial charge in [0.25, 0.3) is 5.91 Å². The van der Waals surface area contributed by atoms with Crippen molar-refractivity contribution in [1.29, 1.82) is 0 Å². The number of hydrogen-bond acceptors (Lipinski definition) is 4. The Hall–Kier alpha value is -2.40. The molecular formula is C19H21N3O2. The SMILES string of the molecule is O=C(Nc1cccnc1N1CCCC1)C1OCCc2ccccc21. The van der Waals surface area contributed by atoms with Crippen LogP contribution in [-0.2, 0) is 16.0 Å². The lowest BCUT2D eigenvalue weighted by Gasteiger charge is -2.26. The van der Waals surface area contributed by atoms with E-state index in [1.54, 1.807) is 6.20 Å². The van der Waals surface area contributed by atoms with Gasteiger partial charge in [-0.2, -0.15) is 0 Å². The highest BCUT2D eigenvalue weighted by Crippen LogP contribution is 2.30. The van der Waals surface area contributed by atoms with Gasteiger partial charge in [0.15, 0.2) is 11.9 Å². The summed E-state index contributed by atoms with van der Waals surface area (Å²) in [4.78, 5) is 19.5. The second-order valence-electron chi connectivity index (χ2n) is 6.26. The minimum Gasteiger partial charge on any atom is -0.363 e. The van der Waals surface area contributed by atoms with Crippen LogP contribution in [0.15, 0.2) is 42.6 Å². The number of rotatable bonds is 3. The molecule has 0 saturated carbocycles. The first-order valence-electron chi connectivity index (χ1n) is 8.53. The molecule has 1 amide bonds. The third-order valence-corrected chi connectivity index (χ3v) is 4.68. The molecule has 0 aliphatic carbocycles. The Morgan fingerprint density at radius 1 is 1.17 bits per heavy atom. The van der Waals surface area contributed by atoms with E-state index in [-0.39, 0.29) is 5.91 Å². The molecule has 2 aromatic rings. The largest absolute Gasteiger partial charge is 0.363 e. The maximum Gasteiger partial charge on any atom is 0.258 e. The maximum atomic E-state index is 12.8. The van der Waals surface area contributed by atoms with E-state index in [0.717, 1.165) is 36.6 Å². The summed E-state index contributed by atoms with van der Waals surface area (Å²) in [7, 11) is 0. The fourth-order valence-electron chi connectivity index (χ4n) is 3.48. The lowest BCUT2D eigenvalue weighted by atomic mass is 9.97. The molecule has 24 heavy (non-hydrogen) atoms. The van der Waals surface area contributed by atoms with Crippen molar-refractivity contribution in [3.05, 3.63) is 53.7 Å². The standard InChI is InChI=1S/C19H21N3O2/c23-19(17-15-7-2-1-6-14(15)9-13-24-17)21-16-8-5-10-20-18(16)22-11-3-4-12-22/h1-2,5-8,10,17H,3-4,9,11-13H2,(H,21,23). The molecule has 3 heterocycles. The maximum absolute atomic E-state index is 12.8. The number of carbonyl (C=O) groups is 1. The summed E-state index contributed by atoms with van der Waals surface area (Å²) >= 11 is 0. The molecule has 124 valence electrons. The van der Waals surface area contributed by atoms with Crippen LogP contribution in [0.1, 0.15) is 30.1 Å². The van der Waals surface area contributed by atoms with Gasteiger partial charge in [-0.05, 0) is 42.5 Å². The molecule has 4 rings (SSSR count). The Kier molecular flexibility index (Phi) is 4.17. The number of pyridine rings is 1. The number of hydrogen-bond donors (Lipinski definition) is 1. The third kappa shape index (κ3) is 2.87. The molecule has 0 bridgehead atoms. The van der Waals surface area contributed by atoms with Crippen molar-refractivity contribution in [3.63, 3.8) is 0 Å². The normalized spacial score (nSPS) is 19.8. The van der Waals surface area contributed by atoms with Gasteiger partial charge in [0, 0.05) is 19.3 Å². The molecular weight excluding hydrogens is 302 g/mol. The predicted octanol–water partition coefficient (Wildman–Crippen LogP) is 2.93. The van der Waals surface area contributed by atoms with Gasteiger partial charge in [-0.25, -0.2) is 4.98 Å². The van der Waals surface area contributed by atoms with Crippen molar-refractivity contribution >= 4 is 17.4 Å². The lowest BCUT2D eigenvalue weighted by Crippen LogP contribution is -2.29. The number of aromatic nitrogens is 1. The summed E-state index contributed by atoms with van der Waals surface area (Å²) in [5, 5.41) is 3.03. The first kappa shape index (κ1) is 15.1. The zero-order valence-corrected chi connectivity index (χ0v) is 13.6. The number of anilines is 2. The first-order chi connectivity index (χ1) is 11.8. The van der Waals surface area contributed by atoms with Crippen molar-refractivity contribution in [1.82, 2.24) is 4.98 Å². The monoisotopic (exact) mass is 323 g/mol. The number of benzene rings is 1. The molecule has 5 nitrogen and oxygen atoms in total.